The van der Waals surface area contributed by atoms with Crippen LogP contribution >= 0.6 is 58.2 Å². The molecule has 0 N–H and O–H groups in total. The molecule has 5 nitrogen and oxygen atoms in total. The highest BCUT2D eigenvalue weighted by atomic mass is 127. The smallest absolute Gasteiger partial charge is 0.270 e. The fourth-order valence-corrected chi connectivity index (χ4v) is 5.81. The van der Waals surface area contributed by atoms with E-state index >= 15 is 0 Å². The second-order valence-corrected chi connectivity index (χ2v) is 10.8. The van der Waals surface area contributed by atoms with Crippen molar-refractivity contribution in [2.24, 2.45) is 0 Å². The molecule has 0 unspecified atom stereocenters. The van der Waals surface area contributed by atoms with E-state index in [-0.39, 0.29) is 5.91 Å². The normalized spacial score (nSPS) is 14.4. The molecular weight excluding hydrogens is 629 g/mol. The molecule has 3 aromatic carbocycles. The predicted molar refractivity (Wildman–Crippen MR) is 159 cm³/mol. The maximum atomic E-state index is 13.2. The van der Waals surface area contributed by atoms with Gasteiger partial charge in [-0.3, -0.25) is 9.69 Å². The van der Waals surface area contributed by atoms with E-state index in [1.54, 1.807) is 0 Å². The number of nitrogens with zero attached hydrogens (tertiary/aromatic N) is 1. The van der Waals surface area contributed by atoms with Crippen LogP contribution in [0.25, 0.3) is 6.08 Å². The third-order valence-corrected chi connectivity index (χ3v) is 7.63. The van der Waals surface area contributed by atoms with Crippen LogP contribution in [0, 0.1) is 3.57 Å². The average Bonchev–Trinajstić information content (AvgIpc) is 3.13. The average molecular weight is 652 g/mol. The zero-order chi connectivity index (χ0) is 25.7. The third-order valence-electron chi connectivity index (χ3n) is 5.16. The van der Waals surface area contributed by atoms with Crippen molar-refractivity contribution in [3.05, 3.63) is 85.3 Å². The standard InChI is InChI=1S/C27H23ClINO4S2/c1-3-32-20-11-9-19(10-12-20)30-26(31)24(36-27(30)35)15-17-13-22(29)25(23(14-17)33-4-2)34-16-18-7-5-6-8-21(18)28/h5-15H,3-4,16H2,1-2H3/b24-15+. The minimum Gasteiger partial charge on any atom is -0.494 e. The van der Waals surface area contributed by atoms with E-state index in [0.717, 1.165) is 20.4 Å². The van der Waals surface area contributed by atoms with Gasteiger partial charge >= 0.3 is 0 Å². The number of rotatable bonds is 9. The fourth-order valence-electron chi connectivity index (χ4n) is 3.54. The van der Waals surface area contributed by atoms with E-state index in [2.05, 4.69) is 22.6 Å². The Morgan fingerprint density at radius 2 is 1.75 bits per heavy atom. The van der Waals surface area contributed by atoms with Crippen LogP contribution < -0.4 is 19.1 Å². The number of halogens is 2. The Labute approximate surface area is 238 Å². The highest BCUT2D eigenvalue weighted by Crippen LogP contribution is 2.39. The number of amides is 1. The van der Waals surface area contributed by atoms with Gasteiger partial charge in [-0.25, -0.2) is 0 Å². The zero-order valence-corrected chi connectivity index (χ0v) is 24.2. The molecule has 1 saturated heterocycles. The molecule has 0 atom stereocenters. The molecule has 36 heavy (non-hydrogen) atoms. The van der Waals surface area contributed by atoms with Gasteiger partial charge in [-0.1, -0.05) is 53.8 Å². The Kier molecular flexibility index (Phi) is 9.16. The third kappa shape index (κ3) is 6.16. The summed E-state index contributed by atoms with van der Waals surface area (Å²) in [6, 6.07) is 18.7. The van der Waals surface area contributed by atoms with E-state index < -0.39 is 0 Å². The van der Waals surface area contributed by atoms with Gasteiger partial charge in [0.1, 0.15) is 12.4 Å². The Morgan fingerprint density at radius 3 is 2.44 bits per heavy atom. The van der Waals surface area contributed by atoms with E-state index in [1.165, 1.54) is 16.7 Å². The number of thioether (sulfide) groups is 1. The van der Waals surface area contributed by atoms with Crippen LogP contribution in [0.5, 0.6) is 17.2 Å². The van der Waals surface area contributed by atoms with Gasteiger partial charge in [0.15, 0.2) is 15.8 Å². The number of carbonyl (C=O) groups is 1. The molecule has 0 saturated carbocycles. The molecule has 1 amide bonds. The molecule has 1 aliphatic rings. The number of benzene rings is 3. The van der Waals surface area contributed by atoms with Crippen LogP contribution in [0.2, 0.25) is 5.02 Å². The lowest BCUT2D eigenvalue weighted by Gasteiger charge is -2.16. The van der Waals surface area contributed by atoms with Crippen LogP contribution in [-0.2, 0) is 11.4 Å². The van der Waals surface area contributed by atoms with Gasteiger partial charge in [-0.15, -0.1) is 0 Å². The van der Waals surface area contributed by atoms with Gasteiger partial charge in [0, 0.05) is 10.6 Å². The summed E-state index contributed by atoms with van der Waals surface area (Å²) in [7, 11) is 0. The van der Waals surface area contributed by atoms with E-state index in [9.17, 15) is 4.79 Å². The van der Waals surface area contributed by atoms with E-state index in [4.69, 9.17) is 38.0 Å². The predicted octanol–water partition coefficient (Wildman–Crippen LogP) is 7.73. The lowest BCUT2D eigenvalue weighted by Crippen LogP contribution is -2.27. The maximum Gasteiger partial charge on any atom is 0.270 e. The number of thiocarbonyl (C=S) groups is 1. The topological polar surface area (TPSA) is 48.0 Å². The van der Waals surface area contributed by atoms with Crippen molar-refractivity contribution in [3.8, 4) is 17.2 Å². The number of carbonyl (C=O) groups excluding carboxylic acids is 1. The minimum absolute atomic E-state index is 0.166. The first kappa shape index (κ1) is 26.8. The van der Waals surface area contributed by atoms with Crippen LogP contribution in [0.1, 0.15) is 25.0 Å². The van der Waals surface area contributed by atoms with Crippen molar-refractivity contribution in [1.82, 2.24) is 0 Å². The molecule has 1 aliphatic heterocycles. The Hall–Kier alpha value is -2.27. The number of ether oxygens (including phenoxy) is 3. The highest BCUT2D eigenvalue weighted by Gasteiger charge is 2.33. The summed E-state index contributed by atoms with van der Waals surface area (Å²) < 4.78 is 18.8. The van der Waals surface area contributed by atoms with E-state index in [0.29, 0.717) is 51.3 Å². The second kappa shape index (κ2) is 12.3. The molecule has 0 bridgehead atoms. The molecular formula is C27H23ClINO4S2. The Balaban J connectivity index is 1.58. The maximum absolute atomic E-state index is 13.2. The van der Waals surface area contributed by atoms with Gasteiger partial charge in [0.05, 0.1) is 27.4 Å². The molecule has 1 heterocycles. The summed E-state index contributed by atoms with van der Waals surface area (Å²) in [5.41, 5.74) is 2.41. The summed E-state index contributed by atoms with van der Waals surface area (Å²) in [4.78, 5) is 15.3. The first-order chi connectivity index (χ1) is 17.4. The Morgan fingerprint density at radius 1 is 1.03 bits per heavy atom. The molecule has 0 radical (unpaired) electrons. The molecule has 0 spiro atoms. The van der Waals surface area contributed by atoms with Crippen molar-refractivity contribution >= 4 is 80.2 Å². The molecule has 0 aliphatic carbocycles. The summed E-state index contributed by atoms with van der Waals surface area (Å²) in [5.74, 6) is 1.82. The SMILES string of the molecule is CCOc1ccc(N2C(=O)/C(=C\c3cc(I)c(OCc4ccccc4Cl)c(OCC)c3)SC2=S)cc1. The molecule has 186 valence electrons. The van der Waals surface area contributed by atoms with Crippen molar-refractivity contribution in [3.63, 3.8) is 0 Å². The molecule has 0 aromatic heterocycles. The van der Waals surface area contributed by atoms with Gasteiger partial charge in [-0.05, 0) is 90.5 Å². The van der Waals surface area contributed by atoms with Crippen molar-refractivity contribution in [2.75, 3.05) is 18.1 Å². The lowest BCUT2D eigenvalue weighted by molar-refractivity contribution is -0.113. The summed E-state index contributed by atoms with van der Waals surface area (Å²) >= 11 is 15.3. The lowest BCUT2D eigenvalue weighted by atomic mass is 10.1. The van der Waals surface area contributed by atoms with E-state index in [1.807, 2.05) is 80.6 Å². The Bertz CT molecular complexity index is 1310. The van der Waals surface area contributed by atoms with Crippen molar-refractivity contribution in [1.29, 1.82) is 0 Å². The fraction of sp³-hybridized carbons (Fsp3) is 0.185. The molecule has 1 fully saturated rings. The number of anilines is 1. The molecule has 4 rings (SSSR count). The minimum atomic E-state index is -0.166. The number of hydrogen-bond donors (Lipinski definition) is 0. The zero-order valence-electron chi connectivity index (χ0n) is 19.6. The van der Waals surface area contributed by atoms with Crippen LogP contribution in [0.4, 0.5) is 5.69 Å². The number of hydrogen-bond acceptors (Lipinski definition) is 6. The molecule has 9 heteroatoms. The summed E-state index contributed by atoms with van der Waals surface area (Å²) in [6.07, 6.45) is 1.83. The van der Waals surface area contributed by atoms with Crippen LogP contribution in [-0.4, -0.2) is 23.4 Å². The highest BCUT2D eigenvalue weighted by molar-refractivity contribution is 14.1. The van der Waals surface area contributed by atoms with Crippen LogP contribution in [0.15, 0.2) is 65.6 Å². The first-order valence-electron chi connectivity index (χ1n) is 11.2. The van der Waals surface area contributed by atoms with Gasteiger partial charge in [0.25, 0.3) is 5.91 Å². The quantitative estimate of drug-likeness (QED) is 0.134. The van der Waals surface area contributed by atoms with Gasteiger partial charge in [-0.2, -0.15) is 0 Å². The molecule has 3 aromatic rings. The van der Waals surface area contributed by atoms with Crippen molar-refractivity contribution < 1.29 is 19.0 Å². The van der Waals surface area contributed by atoms with Gasteiger partial charge < -0.3 is 14.2 Å². The van der Waals surface area contributed by atoms with Crippen molar-refractivity contribution in [2.45, 2.75) is 20.5 Å². The summed E-state index contributed by atoms with van der Waals surface area (Å²) in [6.45, 7) is 5.21. The monoisotopic (exact) mass is 651 g/mol. The second-order valence-electron chi connectivity index (χ2n) is 7.59. The largest absolute Gasteiger partial charge is 0.494 e. The van der Waals surface area contributed by atoms with Gasteiger partial charge in [0.2, 0.25) is 0 Å². The van der Waals surface area contributed by atoms with Crippen LogP contribution in [0.3, 0.4) is 0 Å². The summed E-state index contributed by atoms with van der Waals surface area (Å²) in [5, 5.41) is 0.650. The first-order valence-corrected chi connectivity index (χ1v) is 13.9.